The molecule has 0 bridgehead atoms. The van der Waals surface area contributed by atoms with Gasteiger partial charge in [0, 0.05) is 43.3 Å². The molecule has 11 aromatic carbocycles. The molecule has 0 spiro atoms. The van der Waals surface area contributed by atoms with Crippen LogP contribution in [-0.4, -0.2) is 4.57 Å². The molecule has 13 aromatic rings. The van der Waals surface area contributed by atoms with Crippen LogP contribution in [0.3, 0.4) is 0 Å². The van der Waals surface area contributed by atoms with E-state index in [9.17, 15) is 0 Å². The summed E-state index contributed by atoms with van der Waals surface area (Å²) in [5.41, 5.74) is 18.8. The molecule has 0 fully saturated rings. The Morgan fingerprint density at radius 2 is 0.754 bits per heavy atom. The monoisotopic (exact) mass is 896 g/mol. The van der Waals surface area contributed by atoms with E-state index in [2.05, 4.69) is 276 Å². The molecule has 0 aliphatic heterocycles. The van der Waals surface area contributed by atoms with Crippen molar-refractivity contribution in [1.82, 2.24) is 4.57 Å². The summed E-state index contributed by atoms with van der Waals surface area (Å²) in [5, 5.41) is 5.12. The summed E-state index contributed by atoms with van der Waals surface area (Å²) in [7, 11) is 0. The summed E-state index contributed by atoms with van der Waals surface area (Å²) in [4.78, 5) is 2.37. The lowest BCUT2D eigenvalue weighted by atomic mass is 9.95. The number of hydrogen-bond donors (Lipinski definition) is 0. The minimum Gasteiger partial charge on any atom is -0.310 e. The fourth-order valence-corrected chi connectivity index (χ4v) is 11.5. The van der Waals surface area contributed by atoms with Crippen LogP contribution in [0.2, 0.25) is 0 Å². The quantitative estimate of drug-likeness (QED) is 0.140. The van der Waals surface area contributed by atoms with Crippen molar-refractivity contribution in [2.75, 3.05) is 4.90 Å². The molecular formula is C66H44N2S. The molecule has 0 aliphatic carbocycles. The fourth-order valence-electron chi connectivity index (χ4n) is 10.3. The second-order valence-electron chi connectivity index (χ2n) is 17.7. The normalized spacial score (nSPS) is 11.5. The van der Waals surface area contributed by atoms with Crippen LogP contribution >= 0.6 is 11.3 Å². The van der Waals surface area contributed by atoms with Crippen LogP contribution in [0, 0.1) is 0 Å². The van der Waals surface area contributed by atoms with Gasteiger partial charge in [0.1, 0.15) is 0 Å². The molecule has 2 aromatic heterocycles. The molecular weight excluding hydrogens is 853 g/mol. The number of aromatic nitrogens is 1. The molecule has 0 amide bonds. The van der Waals surface area contributed by atoms with Gasteiger partial charge in [0.15, 0.2) is 0 Å². The van der Waals surface area contributed by atoms with Crippen LogP contribution in [0.15, 0.2) is 267 Å². The van der Waals surface area contributed by atoms with Crippen molar-refractivity contribution in [3.05, 3.63) is 267 Å². The molecule has 3 heteroatoms. The standard InChI is InChI=1S/C66H44N2S/c1-3-15-45(16-4-1)47-31-33-48(34-32-47)50-37-41-55(42-38-50)67(54-39-35-49(36-40-54)46-17-5-2-6-18-46)56-22-12-20-52(44-56)51-19-11-21-53(43-51)57-25-13-28-62-65(57)60-24-7-9-27-61(60)68(62)63-29-14-26-59-58-23-8-10-30-64(58)69-66(59)63/h1-44H. The maximum absolute atomic E-state index is 2.48. The lowest BCUT2D eigenvalue weighted by molar-refractivity contribution is 1.20. The predicted molar refractivity (Wildman–Crippen MR) is 296 cm³/mol. The summed E-state index contributed by atoms with van der Waals surface area (Å²) < 4.78 is 5.10. The zero-order valence-electron chi connectivity index (χ0n) is 37.7. The molecule has 0 aliphatic rings. The van der Waals surface area contributed by atoms with Gasteiger partial charge in [0.2, 0.25) is 0 Å². The first kappa shape index (κ1) is 40.5. The van der Waals surface area contributed by atoms with Crippen molar-refractivity contribution in [2.24, 2.45) is 0 Å². The van der Waals surface area contributed by atoms with Crippen molar-refractivity contribution in [3.8, 4) is 61.3 Å². The maximum atomic E-state index is 2.48. The molecule has 324 valence electrons. The highest BCUT2D eigenvalue weighted by atomic mass is 32.1. The third kappa shape index (κ3) is 7.28. The lowest BCUT2D eigenvalue weighted by Gasteiger charge is -2.26. The number of thiophene rings is 1. The summed E-state index contributed by atoms with van der Waals surface area (Å²) in [5.74, 6) is 0. The van der Waals surface area contributed by atoms with Crippen LogP contribution in [0.5, 0.6) is 0 Å². The minimum atomic E-state index is 1.09. The summed E-state index contributed by atoms with van der Waals surface area (Å²) in [6.07, 6.45) is 0. The van der Waals surface area contributed by atoms with E-state index in [4.69, 9.17) is 0 Å². The van der Waals surface area contributed by atoms with Gasteiger partial charge in [-0.25, -0.2) is 0 Å². The van der Waals surface area contributed by atoms with Gasteiger partial charge < -0.3 is 9.47 Å². The maximum Gasteiger partial charge on any atom is 0.0640 e. The summed E-state index contributed by atoms with van der Waals surface area (Å²) in [6.45, 7) is 0. The van der Waals surface area contributed by atoms with Crippen molar-refractivity contribution in [1.29, 1.82) is 0 Å². The van der Waals surface area contributed by atoms with Crippen LogP contribution in [0.25, 0.3) is 103 Å². The topological polar surface area (TPSA) is 8.17 Å². The van der Waals surface area contributed by atoms with Crippen molar-refractivity contribution < 1.29 is 0 Å². The fraction of sp³-hybridized carbons (Fsp3) is 0. The van der Waals surface area contributed by atoms with Gasteiger partial charge >= 0.3 is 0 Å². The zero-order chi connectivity index (χ0) is 45.7. The minimum absolute atomic E-state index is 1.09. The number of nitrogens with zero attached hydrogens (tertiary/aromatic N) is 2. The largest absolute Gasteiger partial charge is 0.310 e. The zero-order valence-corrected chi connectivity index (χ0v) is 38.5. The second-order valence-corrected chi connectivity index (χ2v) is 18.7. The first-order valence-electron chi connectivity index (χ1n) is 23.6. The Hall–Kier alpha value is -8.76. The molecule has 2 nitrogen and oxygen atoms in total. The molecule has 13 rings (SSSR count). The van der Waals surface area contributed by atoms with E-state index in [1.807, 2.05) is 11.3 Å². The molecule has 0 radical (unpaired) electrons. The van der Waals surface area contributed by atoms with Crippen LogP contribution in [0.1, 0.15) is 0 Å². The Bertz CT molecular complexity index is 3980. The summed E-state index contributed by atoms with van der Waals surface area (Å²) >= 11 is 1.88. The first-order chi connectivity index (χ1) is 34.2. The average molecular weight is 897 g/mol. The SMILES string of the molecule is c1ccc(-c2ccc(-c3ccc(N(c4ccc(-c5ccccc5)cc4)c4cccc(-c5cccc(-c6cccc7c6c6ccccc6n7-c6cccc7c6sc6ccccc67)c5)c4)cc3)cc2)cc1. The van der Waals surface area contributed by atoms with E-state index in [1.165, 1.54) is 97.7 Å². The number of anilines is 3. The molecule has 2 heterocycles. The van der Waals surface area contributed by atoms with Gasteiger partial charge in [-0.2, -0.15) is 0 Å². The van der Waals surface area contributed by atoms with Gasteiger partial charge in [-0.15, -0.1) is 11.3 Å². The Morgan fingerprint density at radius 3 is 1.42 bits per heavy atom. The average Bonchev–Trinajstić information content (AvgIpc) is 3.98. The number of rotatable bonds is 9. The van der Waals surface area contributed by atoms with E-state index in [0.29, 0.717) is 0 Å². The van der Waals surface area contributed by atoms with Crippen LogP contribution in [0.4, 0.5) is 17.1 Å². The van der Waals surface area contributed by atoms with Gasteiger partial charge in [0.25, 0.3) is 0 Å². The van der Waals surface area contributed by atoms with Crippen LogP contribution < -0.4 is 4.90 Å². The van der Waals surface area contributed by atoms with E-state index >= 15 is 0 Å². The second kappa shape index (κ2) is 17.2. The highest BCUT2D eigenvalue weighted by Crippen LogP contribution is 2.44. The van der Waals surface area contributed by atoms with Crippen molar-refractivity contribution in [3.63, 3.8) is 0 Å². The van der Waals surface area contributed by atoms with E-state index in [1.54, 1.807) is 0 Å². The highest BCUT2D eigenvalue weighted by Gasteiger charge is 2.20. The van der Waals surface area contributed by atoms with Gasteiger partial charge in [-0.05, 0) is 122 Å². The number of hydrogen-bond acceptors (Lipinski definition) is 2. The predicted octanol–water partition coefficient (Wildman–Crippen LogP) is 19.0. The van der Waals surface area contributed by atoms with Gasteiger partial charge in [0.05, 0.1) is 21.4 Å². The smallest absolute Gasteiger partial charge is 0.0640 e. The third-order valence-corrected chi connectivity index (χ3v) is 14.8. The Morgan fingerprint density at radius 1 is 0.290 bits per heavy atom. The first-order valence-corrected chi connectivity index (χ1v) is 24.4. The molecule has 69 heavy (non-hydrogen) atoms. The van der Waals surface area contributed by atoms with Gasteiger partial charge in [-0.3, -0.25) is 0 Å². The molecule has 0 unspecified atom stereocenters. The van der Waals surface area contributed by atoms with E-state index in [-0.39, 0.29) is 0 Å². The lowest BCUT2D eigenvalue weighted by Crippen LogP contribution is -2.10. The van der Waals surface area contributed by atoms with Crippen molar-refractivity contribution >= 4 is 70.4 Å². The molecule has 0 N–H and O–H groups in total. The number of fused-ring (bicyclic) bond motifs is 6. The Balaban J connectivity index is 0.890. The summed E-state index contributed by atoms with van der Waals surface area (Å²) in [6, 6.07) is 97.2. The van der Waals surface area contributed by atoms with E-state index < -0.39 is 0 Å². The molecule has 0 saturated heterocycles. The Kier molecular flexibility index (Phi) is 10.1. The van der Waals surface area contributed by atoms with E-state index in [0.717, 1.165) is 22.6 Å². The highest BCUT2D eigenvalue weighted by molar-refractivity contribution is 7.26. The molecule has 0 atom stereocenters. The van der Waals surface area contributed by atoms with Crippen molar-refractivity contribution in [2.45, 2.75) is 0 Å². The number of benzene rings is 11. The number of para-hydroxylation sites is 1. The van der Waals surface area contributed by atoms with Gasteiger partial charge in [-0.1, -0.05) is 200 Å². The molecule has 0 saturated carbocycles. The van der Waals surface area contributed by atoms with Crippen LogP contribution in [-0.2, 0) is 0 Å². The Labute approximate surface area is 405 Å². The third-order valence-electron chi connectivity index (χ3n) is 13.6.